The average Bonchev–Trinajstić information content (AvgIpc) is 2.42. The number of aryl methyl sites for hydroxylation is 1. The van der Waals surface area contributed by atoms with Gasteiger partial charge in [-0.1, -0.05) is 36.4 Å². The molecule has 0 radical (unpaired) electrons. The molecule has 1 unspecified atom stereocenters. The Morgan fingerprint density at radius 1 is 1.10 bits per heavy atom. The minimum absolute atomic E-state index is 0.156. The molecule has 0 fully saturated rings. The van der Waals surface area contributed by atoms with Crippen LogP contribution in [0.5, 0.6) is 0 Å². The van der Waals surface area contributed by atoms with E-state index in [2.05, 4.69) is 36.5 Å². The zero-order chi connectivity index (χ0) is 14.4. The van der Waals surface area contributed by atoms with Crippen LogP contribution in [-0.4, -0.2) is 12.6 Å². The molecule has 0 aromatic heterocycles. The first-order chi connectivity index (χ1) is 9.65. The summed E-state index contributed by atoms with van der Waals surface area (Å²) in [6, 6.07) is 16.0. The van der Waals surface area contributed by atoms with Gasteiger partial charge in [0, 0.05) is 6.04 Å². The van der Waals surface area contributed by atoms with Crippen molar-refractivity contribution in [2.75, 3.05) is 6.54 Å². The van der Waals surface area contributed by atoms with E-state index in [1.165, 1.54) is 17.2 Å². The van der Waals surface area contributed by atoms with Gasteiger partial charge in [-0.25, -0.2) is 4.39 Å². The number of nitrogens with one attached hydrogen (secondary N) is 1. The van der Waals surface area contributed by atoms with E-state index < -0.39 is 0 Å². The van der Waals surface area contributed by atoms with Crippen LogP contribution in [0, 0.1) is 12.7 Å². The van der Waals surface area contributed by atoms with Crippen LogP contribution in [0.15, 0.2) is 48.5 Å². The molecule has 2 heteroatoms. The minimum Gasteiger partial charge on any atom is -0.314 e. The molecule has 0 amide bonds. The molecule has 0 spiro atoms. The molecule has 2 aromatic rings. The molecule has 2 rings (SSSR count). The van der Waals surface area contributed by atoms with Gasteiger partial charge in [0.2, 0.25) is 0 Å². The lowest BCUT2D eigenvalue weighted by Crippen LogP contribution is -2.30. The van der Waals surface area contributed by atoms with E-state index in [-0.39, 0.29) is 5.82 Å². The van der Waals surface area contributed by atoms with Gasteiger partial charge in [0.05, 0.1) is 0 Å². The van der Waals surface area contributed by atoms with Gasteiger partial charge in [0.25, 0.3) is 0 Å². The molecule has 0 saturated heterocycles. The third-order valence-electron chi connectivity index (χ3n) is 3.58. The molecular weight excluding hydrogens is 249 g/mol. The minimum atomic E-state index is -0.156. The molecule has 0 aliphatic rings. The third-order valence-corrected chi connectivity index (χ3v) is 3.58. The molecule has 20 heavy (non-hydrogen) atoms. The van der Waals surface area contributed by atoms with Gasteiger partial charge in [0.1, 0.15) is 5.82 Å². The van der Waals surface area contributed by atoms with Crippen molar-refractivity contribution in [3.63, 3.8) is 0 Å². The van der Waals surface area contributed by atoms with Crippen molar-refractivity contribution in [2.45, 2.75) is 32.7 Å². The van der Waals surface area contributed by atoms with Gasteiger partial charge >= 0.3 is 0 Å². The summed E-state index contributed by atoms with van der Waals surface area (Å²) in [5.74, 6) is -0.156. The maximum atomic E-state index is 13.0. The van der Waals surface area contributed by atoms with E-state index in [0.717, 1.165) is 24.9 Å². The summed E-state index contributed by atoms with van der Waals surface area (Å²) in [4.78, 5) is 0. The Morgan fingerprint density at radius 3 is 2.55 bits per heavy atom. The van der Waals surface area contributed by atoms with Crippen molar-refractivity contribution in [2.24, 2.45) is 0 Å². The summed E-state index contributed by atoms with van der Waals surface area (Å²) in [6.07, 6.45) is 1.97. The second-order valence-electron chi connectivity index (χ2n) is 5.37. The van der Waals surface area contributed by atoms with Crippen LogP contribution in [0.1, 0.15) is 23.6 Å². The molecule has 0 saturated carbocycles. The summed E-state index contributed by atoms with van der Waals surface area (Å²) >= 11 is 0. The molecule has 2 aromatic carbocycles. The Labute approximate surface area is 120 Å². The molecule has 0 bridgehead atoms. The van der Waals surface area contributed by atoms with Crippen LogP contribution in [-0.2, 0) is 12.8 Å². The van der Waals surface area contributed by atoms with E-state index >= 15 is 0 Å². The topological polar surface area (TPSA) is 12.0 Å². The van der Waals surface area contributed by atoms with Crippen molar-refractivity contribution in [3.8, 4) is 0 Å². The van der Waals surface area contributed by atoms with Gasteiger partial charge in [-0.2, -0.15) is 0 Å². The first kappa shape index (κ1) is 14.7. The molecule has 1 N–H and O–H groups in total. The summed E-state index contributed by atoms with van der Waals surface area (Å²) < 4.78 is 13.0. The van der Waals surface area contributed by atoms with Gasteiger partial charge in [0.15, 0.2) is 0 Å². The Balaban J connectivity index is 1.78. The van der Waals surface area contributed by atoms with Crippen molar-refractivity contribution in [3.05, 3.63) is 71.0 Å². The lowest BCUT2D eigenvalue weighted by atomic mass is 10.0. The molecule has 0 heterocycles. The van der Waals surface area contributed by atoms with Gasteiger partial charge in [-0.3, -0.25) is 0 Å². The van der Waals surface area contributed by atoms with Crippen molar-refractivity contribution < 1.29 is 4.39 Å². The summed E-state index contributed by atoms with van der Waals surface area (Å²) in [5.41, 5.74) is 3.60. The fraction of sp³-hybridized carbons (Fsp3) is 0.333. The Morgan fingerprint density at radius 2 is 1.85 bits per heavy atom. The number of hydrogen-bond donors (Lipinski definition) is 1. The SMILES string of the molecule is Cc1cc(F)ccc1CCNC(C)Cc1ccccc1. The fourth-order valence-electron chi connectivity index (χ4n) is 2.43. The first-order valence-electron chi connectivity index (χ1n) is 7.17. The lowest BCUT2D eigenvalue weighted by molar-refractivity contribution is 0.547. The van der Waals surface area contributed by atoms with Gasteiger partial charge < -0.3 is 5.32 Å². The van der Waals surface area contributed by atoms with Crippen LogP contribution in [0.3, 0.4) is 0 Å². The van der Waals surface area contributed by atoms with Crippen molar-refractivity contribution in [1.82, 2.24) is 5.32 Å². The monoisotopic (exact) mass is 271 g/mol. The molecule has 1 nitrogen and oxygen atoms in total. The Kier molecular flexibility index (Phi) is 5.31. The van der Waals surface area contributed by atoms with Crippen LogP contribution in [0.25, 0.3) is 0 Å². The van der Waals surface area contributed by atoms with Crippen LogP contribution in [0.4, 0.5) is 4.39 Å². The standard InChI is InChI=1S/C18H22FN/c1-14-12-18(19)9-8-17(14)10-11-20-15(2)13-16-6-4-3-5-7-16/h3-9,12,15,20H,10-11,13H2,1-2H3. The highest BCUT2D eigenvalue weighted by atomic mass is 19.1. The smallest absolute Gasteiger partial charge is 0.123 e. The normalized spacial score (nSPS) is 12.3. The molecule has 0 aliphatic heterocycles. The van der Waals surface area contributed by atoms with Crippen molar-refractivity contribution >= 4 is 0 Å². The molecule has 0 aliphatic carbocycles. The van der Waals surface area contributed by atoms with E-state index in [4.69, 9.17) is 0 Å². The van der Waals surface area contributed by atoms with Gasteiger partial charge in [-0.05, 0) is 62.1 Å². The number of rotatable bonds is 6. The summed E-state index contributed by atoms with van der Waals surface area (Å²) in [5, 5.41) is 3.53. The summed E-state index contributed by atoms with van der Waals surface area (Å²) in [7, 11) is 0. The predicted molar refractivity (Wildman–Crippen MR) is 82.5 cm³/mol. The average molecular weight is 271 g/mol. The molecular formula is C18H22FN. The third kappa shape index (κ3) is 4.46. The lowest BCUT2D eigenvalue weighted by Gasteiger charge is -2.14. The second-order valence-corrected chi connectivity index (χ2v) is 5.37. The summed E-state index contributed by atoms with van der Waals surface area (Å²) in [6.45, 7) is 5.08. The maximum Gasteiger partial charge on any atom is 0.123 e. The highest BCUT2D eigenvalue weighted by Crippen LogP contribution is 2.10. The Bertz CT molecular complexity index is 536. The highest BCUT2D eigenvalue weighted by molar-refractivity contribution is 5.26. The number of benzene rings is 2. The Hall–Kier alpha value is -1.67. The van der Waals surface area contributed by atoms with E-state index in [9.17, 15) is 4.39 Å². The molecule has 1 atom stereocenters. The fourth-order valence-corrected chi connectivity index (χ4v) is 2.43. The van der Waals surface area contributed by atoms with Crippen LogP contribution in [0.2, 0.25) is 0 Å². The van der Waals surface area contributed by atoms with Crippen LogP contribution < -0.4 is 5.32 Å². The maximum absolute atomic E-state index is 13.0. The molecule has 106 valence electrons. The number of halogens is 1. The highest BCUT2D eigenvalue weighted by Gasteiger charge is 2.04. The van der Waals surface area contributed by atoms with Crippen LogP contribution >= 0.6 is 0 Å². The number of hydrogen-bond acceptors (Lipinski definition) is 1. The zero-order valence-corrected chi connectivity index (χ0v) is 12.2. The zero-order valence-electron chi connectivity index (χ0n) is 12.2. The quantitative estimate of drug-likeness (QED) is 0.840. The largest absolute Gasteiger partial charge is 0.314 e. The first-order valence-corrected chi connectivity index (χ1v) is 7.17. The predicted octanol–water partition coefficient (Wildman–Crippen LogP) is 3.90. The van der Waals surface area contributed by atoms with E-state index in [0.29, 0.717) is 6.04 Å². The van der Waals surface area contributed by atoms with Gasteiger partial charge in [-0.15, -0.1) is 0 Å². The second kappa shape index (κ2) is 7.20. The van der Waals surface area contributed by atoms with Crippen molar-refractivity contribution in [1.29, 1.82) is 0 Å². The van der Waals surface area contributed by atoms with E-state index in [1.807, 2.05) is 19.1 Å². The van der Waals surface area contributed by atoms with E-state index in [1.54, 1.807) is 6.07 Å².